The van der Waals surface area contributed by atoms with E-state index < -0.39 is 6.61 Å². The fourth-order valence-electron chi connectivity index (χ4n) is 3.92. The molecule has 0 radical (unpaired) electrons. The largest absolute Gasteiger partial charge is 0.490 e. The Hall–Kier alpha value is -1.89. The summed E-state index contributed by atoms with van der Waals surface area (Å²) >= 11 is 0. The molecule has 138 valence electrons. The average Bonchev–Trinajstić information content (AvgIpc) is 2.60. The van der Waals surface area contributed by atoms with E-state index in [0.717, 1.165) is 24.8 Å². The summed E-state index contributed by atoms with van der Waals surface area (Å²) in [6, 6.07) is 4.38. The summed E-state index contributed by atoms with van der Waals surface area (Å²) in [5.74, 6) is 0.438. The summed E-state index contributed by atoms with van der Waals surface area (Å²) in [5.41, 5.74) is 7.04. The Morgan fingerprint density at radius 2 is 2.12 bits per heavy atom. The van der Waals surface area contributed by atoms with Crippen LogP contribution in [0.25, 0.3) is 0 Å². The number of nitrogens with two attached hydrogens (primary N) is 1. The minimum absolute atomic E-state index is 0.0534. The van der Waals surface area contributed by atoms with E-state index in [1.807, 2.05) is 0 Å². The van der Waals surface area contributed by atoms with Crippen molar-refractivity contribution < 1.29 is 27.8 Å². The number of esters is 1. The van der Waals surface area contributed by atoms with E-state index in [1.54, 1.807) is 6.07 Å². The second-order valence-corrected chi connectivity index (χ2v) is 6.72. The van der Waals surface area contributed by atoms with E-state index in [1.165, 1.54) is 19.2 Å². The van der Waals surface area contributed by atoms with Crippen LogP contribution >= 0.6 is 0 Å². The first kappa shape index (κ1) is 17.9. The van der Waals surface area contributed by atoms with Gasteiger partial charge in [-0.1, -0.05) is 12.5 Å². The van der Waals surface area contributed by atoms with Gasteiger partial charge in [-0.3, -0.25) is 4.79 Å². The molecule has 0 bridgehead atoms. The lowest BCUT2D eigenvalue weighted by Crippen LogP contribution is -2.38. The monoisotopic (exact) mass is 355 g/mol. The van der Waals surface area contributed by atoms with E-state index in [2.05, 4.69) is 4.74 Å². The molecule has 0 aromatic heterocycles. The highest BCUT2D eigenvalue weighted by Crippen LogP contribution is 2.42. The van der Waals surface area contributed by atoms with Gasteiger partial charge in [-0.15, -0.1) is 0 Å². The molecule has 25 heavy (non-hydrogen) atoms. The van der Waals surface area contributed by atoms with Gasteiger partial charge in [0.05, 0.1) is 13.0 Å². The molecule has 1 saturated carbocycles. The molecular weight excluding hydrogens is 332 g/mol. The van der Waals surface area contributed by atoms with E-state index >= 15 is 0 Å². The number of halogens is 2. The van der Waals surface area contributed by atoms with Crippen LogP contribution in [0, 0.1) is 11.8 Å². The van der Waals surface area contributed by atoms with E-state index in [0.29, 0.717) is 18.6 Å². The molecule has 3 rings (SSSR count). The molecule has 1 aliphatic heterocycles. The summed E-state index contributed by atoms with van der Waals surface area (Å²) in [6.45, 7) is -2.88. The highest BCUT2D eigenvalue weighted by Gasteiger charge is 2.37. The van der Waals surface area contributed by atoms with Crippen LogP contribution in [-0.4, -0.2) is 25.8 Å². The van der Waals surface area contributed by atoms with Crippen LogP contribution in [0.5, 0.6) is 11.5 Å². The molecule has 2 N–H and O–H groups in total. The molecule has 1 aromatic carbocycles. The smallest absolute Gasteiger partial charge is 0.387 e. The van der Waals surface area contributed by atoms with Gasteiger partial charge in [0.25, 0.3) is 0 Å². The van der Waals surface area contributed by atoms with Gasteiger partial charge in [0.2, 0.25) is 0 Å². The molecule has 2 unspecified atom stereocenters. The van der Waals surface area contributed by atoms with Gasteiger partial charge < -0.3 is 19.9 Å². The van der Waals surface area contributed by atoms with Crippen molar-refractivity contribution in [3.8, 4) is 11.5 Å². The van der Waals surface area contributed by atoms with Crippen molar-refractivity contribution >= 4 is 5.97 Å². The topological polar surface area (TPSA) is 70.8 Å². The zero-order valence-electron chi connectivity index (χ0n) is 14.1. The van der Waals surface area contributed by atoms with Crippen LogP contribution in [0.1, 0.15) is 43.7 Å². The summed E-state index contributed by atoms with van der Waals surface area (Å²) in [7, 11) is 1.40. The maximum atomic E-state index is 12.4. The Balaban J connectivity index is 1.74. The number of carbonyl (C=O) groups is 1. The molecule has 0 amide bonds. The molecule has 0 saturated heterocycles. The first-order chi connectivity index (χ1) is 12.0. The third-order valence-corrected chi connectivity index (χ3v) is 5.15. The maximum Gasteiger partial charge on any atom is 0.387 e. The molecular formula is C18H23F2NO4. The Morgan fingerprint density at radius 3 is 2.84 bits per heavy atom. The Bertz CT molecular complexity index is 625. The molecule has 1 aliphatic carbocycles. The van der Waals surface area contributed by atoms with Crippen molar-refractivity contribution in [3.63, 3.8) is 0 Å². The third kappa shape index (κ3) is 4.03. The normalized spacial score (nSPS) is 28.8. The van der Waals surface area contributed by atoms with Gasteiger partial charge in [-0.2, -0.15) is 8.78 Å². The predicted octanol–water partition coefficient (Wildman–Crippen LogP) is 3.42. The Morgan fingerprint density at radius 1 is 1.32 bits per heavy atom. The summed E-state index contributed by atoms with van der Waals surface area (Å²) in [5, 5.41) is 0. The maximum absolute atomic E-state index is 12.4. The SMILES string of the molecule is COC(=O)C1CCCC([C@H]2C[C@@H](N)c3ccc(OC(F)F)cc3O2)C1. The van der Waals surface area contributed by atoms with Gasteiger partial charge >= 0.3 is 12.6 Å². The van der Waals surface area contributed by atoms with Gasteiger partial charge in [0.15, 0.2) is 0 Å². The third-order valence-electron chi connectivity index (χ3n) is 5.15. The van der Waals surface area contributed by atoms with Crippen molar-refractivity contribution in [3.05, 3.63) is 23.8 Å². The van der Waals surface area contributed by atoms with Crippen molar-refractivity contribution in [2.45, 2.75) is 50.9 Å². The number of fused-ring (bicyclic) bond motifs is 1. The van der Waals surface area contributed by atoms with Crippen molar-refractivity contribution in [1.82, 2.24) is 0 Å². The van der Waals surface area contributed by atoms with Gasteiger partial charge in [-0.05, 0) is 31.2 Å². The molecule has 1 fully saturated rings. The lowest BCUT2D eigenvalue weighted by atomic mass is 9.76. The number of carbonyl (C=O) groups excluding carboxylic acids is 1. The van der Waals surface area contributed by atoms with Crippen LogP contribution < -0.4 is 15.2 Å². The first-order valence-electron chi connectivity index (χ1n) is 8.56. The molecule has 4 atom stereocenters. The number of hydrogen-bond acceptors (Lipinski definition) is 5. The fraction of sp³-hybridized carbons (Fsp3) is 0.611. The molecule has 7 heteroatoms. The van der Waals surface area contributed by atoms with E-state index in [-0.39, 0.29) is 35.7 Å². The van der Waals surface area contributed by atoms with Crippen LogP contribution in [0.2, 0.25) is 0 Å². The quantitative estimate of drug-likeness (QED) is 0.838. The second kappa shape index (κ2) is 7.56. The van der Waals surface area contributed by atoms with Gasteiger partial charge in [0.1, 0.15) is 17.6 Å². The Kier molecular flexibility index (Phi) is 5.42. The van der Waals surface area contributed by atoms with E-state index in [4.69, 9.17) is 15.2 Å². The summed E-state index contributed by atoms with van der Waals surface area (Å²) < 4.78 is 40.2. The van der Waals surface area contributed by atoms with Crippen LogP contribution in [0.3, 0.4) is 0 Å². The van der Waals surface area contributed by atoms with E-state index in [9.17, 15) is 13.6 Å². The lowest BCUT2D eigenvalue weighted by Gasteiger charge is -2.38. The predicted molar refractivity (Wildman–Crippen MR) is 86.5 cm³/mol. The second-order valence-electron chi connectivity index (χ2n) is 6.72. The Labute approximate surface area is 145 Å². The number of benzene rings is 1. The zero-order valence-corrected chi connectivity index (χ0v) is 14.1. The molecule has 5 nitrogen and oxygen atoms in total. The molecule has 0 spiro atoms. The van der Waals surface area contributed by atoms with Crippen molar-refractivity contribution in [2.24, 2.45) is 17.6 Å². The zero-order chi connectivity index (χ0) is 18.0. The number of alkyl halides is 2. The van der Waals surface area contributed by atoms with Gasteiger partial charge in [0, 0.05) is 24.1 Å². The average molecular weight is 355 g/mol. The number of rotatable bonds is 4. The number of ether oxygens (including phenoxy) is 3. The van der Waals surface area contributed by atoms with Crippen molar-refractivity contribution in [1.29, 1.82) is 0 Å². The fourth-order valence-corrected chi connectivity index (χ4v) is 3.92. The molecule has 2 aliphatic rings. The van der Waals surface area contributed by atoms with Crippen molar-refractivity contribution in [2.75, 3.05) is 7.11 Å². The minimum atomic E-state index is -2.88. The summed E-state index contributed by atoms with van der Waals surface area (Å²) in [4.78, 5) is 11.8. The minimum Gasteiger partial charge on any atom is -0.490 e. The first-order valence-corrected chi connectivity index (χ1v) is 8.56. The van der Waals surface area contributed by atoms with Crippen LogP contribution in [0.4, 0.5) is 8.78 Å². The van der Waals surface area contributed by atoms with Crippen LogP contribution in [0.15, 0.2) is 18.2 Å². The highest BCUT2D eigenvalue weighted by molar-refractivity contribution is 5.72. The number of methoxy groups -OCH3 is 1. The molecule has 1 heterocycles. The molecule has 1 aromatic rings. The number of hydrogen-bond donors (Lipinski definition) is 1. The highest BCUT2D eigenvalue weighted by atomic mass is 19.3. The lowest BCUT2D eigenvalue weighted by molar-refractivity contribution is -0.147. The summed E-state index contributed by atoms with van der Waals surface area (Å²) in [6.07, 6.45) is 3.91. The standard InChI is InChI=1S/C18H23F2NO4/c1-23-17(22)11-4-2-3-10(7-11)15-9-14(21)13-6-5-12(24-18(19)20)8-16(13)25-15/h5-6,8,10-11,14-15,18H,2-4,7,9,21H2,1H3/t10?,11?,14-,15-/m1/s1. The van der Waals surface area contributed by atoms with Gasteiger partial charge in [-0.25, -0.2) is 0 Å². The van der Waals surface area contributed by atoms with Crippen LogP contribution in [-0.2, 0) is 9.53 Å².